The summed E-state index contributed by atoms with van der Waals surface area (Å²) in [5, 5.41) is 11.5. The molecule has 8 heteroatoms. The lowest BCUT2D eigenvalue weighted by molar-refractivity contribution is -0.226. The zero-order valence-electron chi connectivity index (χ0n) is 20.9. The maximum Gasteiger partial charge on any atom is 0.307 e. The van der Waals surface area contributed by atoms with Gasteiger partial charge in [-0.3, -0.25) is 14.4 Å². The van der Waals surface area contributed by atoms with Crippen LogP contribution in [0.1, 0.15) is 59.8 Å². The third-order valence-corrected chi connectivity index (χ3v) is 10.8. The van der Waals surface area contributed by atoms with Gasteiger partial charge >= 0.3 is 5.97 Å². The van der Waals surface area contributed by atoms with Gasteiger partial charge in [0, 0.05) is 28.4 Å². The van der Waals surface area contributed by atoms with E-state index < -0.39 is 40.1 Å². The van der Waals surface area contributed by atoms with Crippen LogP contribution < -0.4 is 0 Å². The number of alkyl halides is 2. The van der Waals surface area contributed by atoms with Gasteiger partial charge in [0.25, 0.3) is 0 Å². The minimum atomic E-state index is -2.00. The number of carbonyl (C=O) groups excluding carboxylic acids is 3. The number of aliphatic hydroxyl groups is 1. The Labute approximate surface area is 216 Å². The van der Waals surface area contributed by atoms with Crippen LogP contribution in [0.2, 0.25) is 0 Å². The Morgan fingerprint density at radius 2 is 2.03 bits per heavy atom. The second-order valence-electron chi connectivity index (χ2n) is 11.1. The predicted octanol–water partition coefficient (Wildman–Crippen LogP) is 4.84. The van der Waals surface area contributed by atoms with Crippen molar-refractivity contribution in [1.29, 1.82) is 0 Å². The Kier molecular flexibility index (Phi) is 7.13. The summed E-state index contributed by atoms with van der Waals surface area (Å²) >= 11 is 7.71. The number of hydrogen-bond acceptors (Lipinski definition) is 6. The third kappa shape index (κ3) is 3.62. The minimum Gasteiger partial charge on any atom is -0.450 e. The van der Waals surface area contributed by atoms with E-state index in [1.54, 1.807) is 24.8 Å². The van der Waals surface area contributed by atoms with Crippen LogP contribution in [-0.4, -0.2) is 57.4 Å². The number of esters is 1. The summed E-state index contributed by atoms with van der Waals surface area (Å²) in [6, 6.07) is 0. The molecule has 1 N–H and O–H groups in total. The van der Waals surface area contributed by atoms with Crippen LogP contribution in [0, 0.1) is 28.6 Å². The first-order chi connectivity index (χ1) is 16.4. The van der Waals surface area contributed by atoms with E-state index in [-0.39, 0.29) is 42.1 Å². The lowest BCUT2D eigenvalue weighted by Gasteiger charge is -2.62. The van der Waals surface area contributed by atoms with E-state index in [1.807, 2.05) is 20.8 Å². The number of rotatable bonds is 7. The number of ketones is 2. The highest BCUT2D eigenvalue weighted by Gasteiger charge is 2.77. The monoisotopic (exact) mass is 526 g/mol. The molecule has 35 heavy (non-hydrogen) atoms. The van der Waals surface area contributed by atoms with Crippen molar-refractivity contribution in [2.45, 2.75) is 77.2 Å². The van der Waals surface area contributed by atoms with Crippen LogP contribution in [0.5, 0.6) is 0 Å². The molecule has 4 aliphatic carbocycles. The van der Waals surface area contributed by atoms with Gasteiger partial charge in [-0.1, -0.05) is 32.4 Å². The van der Waals surface area contributed by atoms with Gasteiger partial charge in [0.05, 0.1) is 18.4 Å². The molecular weight excluding hydrogens is 491 g/mol. The second-order valence-corrected chi connectivity index (χ2v) is 12.8. The highest BCUT2D eigenvalue weighted by atomic mass is 35.5. The molecule has 5 nitrogen and oxygen atoms in total. The Morgan fingerprint density at radius 3 is 2.69 bits per heavy atom. The molecule has 0 bridgehead atoms. The van der Waals surface area contributed by atoms with Crippen molar-refractivity contribution in [3.8, 4) is 0 Å². The van der Waals surface area contributed by atoms with E-state index in [0.29, 0.717) is 30.6 Å². The van der Waals surface area contributed by atoms with E-state index >= 15 is 4.39 Å². The average Bonchev–Trinajstić information content (AvgIpc) is 3.02. The molecule has 0 heterocycles. The summed E-state index contributed by atoms with van der Waals surface area (Å²) in [5.74, 6) is -1.07. The van der Waals surface area contributed by atoms with Crippen LogP contribution in [0.3, 0.4) is 0 Å². The van der Waals surface area contributed by atoms with Gasteiger partial charge in [0.2, 0.25) is 0 Å². The Hall–Kier alpha value is -1.18. The van der Waals surface area contributed by atoms with Gasteiger partial charge in [-0.05, 0) is 56.4 Å². The van der Waals surface area contributed by atoms with Gasteiger partial charge in [-0.25, -0.2) is 4.39 Å². The molecule has 0 aliphatic heterocycles. The molecule has 194 valence electrons. The fourth-order valence-corrected chi connectivity index (χ4v) is 8.83. The number of halogens is 2. The summed E-state index contributed by atoms with van der Waals surface area (Å²) in [6.07, 6.45) is 4.75. The molecule has 0 radical (unpaired) electrons. The number of hydrogen-bond donors (Lipinski definition) is 1. The molecule has 0 saturated heterocycles. The quantitative estimate of drug-likeness (QED) is 0.290. The zero-order chi connectivity index (χ0) is 25.8. The molecule has 0 aromatic carbocycles. The van der Waals surface area contributed by atoms with Gasteiger partial charge in [-0.2, -0.15) is 11.8 Å². The van der Waals surface area contributed by atoms with Crippen molar-refractivity contribution >= 4 is 40.9 Å². The van der Waals surface area contributed by atoms with Gasteiger partial charge in [0.1, 0.15) is 0 Å². The normalized spacial score (nSPS) is 44.2. The highest BCUT2D eigenvalue weighted by molar-refractivity contribution is 7.99. The lowest BCUT2D eigenvalue weighted by Crippen LogP contribution is -2.70. The molecular formula is C27H36ClFO5S. The Balaban J connectivity index is 1.76. The fourth-order valence-electron chi connectivity index (χ4n) is 8.03. The summed E-state index contributed by atoms with van der Waals surface area (Å²) in [5.41, 5.74) is -4.87. The molecule has 0 aromatic rings. The first-order valence-electron chi connectivity index (χ1n) is 12.6. The molecule has 0 amide bonds. The molecule has 3 saturated carbocycles. The average molecular weight is 527 g/mol. The first-order valence-corrected chi connectivity index (χ1v) is 14.3. The van der Waals surface area contributed by atoms with Crippen molar-refractivity contribution in [2.24, 2.45) is 28.6 Å². The van der Waals surface area contributed by atoms with E-state index in [2.05, 4.69) is 0 Å². The molecule has 0 spiro atoms. The molecule has 0 aromatic heterocycles. The van der Waals surface area contributed by atoms with Crippen LogP contribution in [-0.2, 0) is 19.1 Å². The maximum absolute atomic E-state index is 17.3. The summed E-state index contributed by atoms with van der Waals surface area (Å²) in [6.45, 7) is 7.52. The summed E-state index contributed by atoms with van der Waals surface area (Å²) < 4.78 is 23.4. The summed E-state index contributed by atoms with van der Waals surface area (Å²) in [4.78, 5) is 38.5. The maximum atomic E-state index is 17.3. The number of ether oxygens (including phenoxy) is 1. The Morgan fingerprint density at radius 1 is 1.31 bits per heavy atom. The van der Waals surface area contributed by atoms with Gasteiger partial charge in [0.15, 0.2) is 22.8 Å². The van der Waals surface area contributed by atoms with Crippen molar-refractivity contribution in [3.63, 3.8) is 0 Å². The van der Waals surface area contributed by atoms with Gasteiger partial charge < -0.3 is 9.84 Å². The van der Waals surface area contributed by atoms with Crippen molar-refractivity contribution in [3.05, 3.63) is 23.8 Å². The van der Waals surface area contributed by atoms with Crippen molar-refractivity contribution in [2.75, 3.05) is 17.4 Å². The number of fused-ring (bicyclic) bond motifs is 5. The minimum absolute atomic E-state index is 0.0285. The fraction of sp³-hybridized carbons (Fsp3) is 0.741. The van der Waals surface area contributed by atoms with E-state index in [4.69, 9.17) is 16.3 Å². The number of allylic oxidation sites excluding steroid dienone is 4. The SMILES string of the molecule is CCSCCC(=O)O[C@]1(C(=O)CCl)[C@H](C)C[C@H]2[C@@H]3CCC4=CC(=O)C=C[C@]4(C)[C@@]3(F)[C@@H](O)C[C@@]21C. The largest absolute Gasteiger partial charge is 0.450 e. The van der Waals surface area contributed by atoms with Crippen molar-refractivity contribution in [1.82, 2.24) is 0 Å². The highest BCUT2D eigenvalue weighted by Crippen LogP contribution is 2.71. The Bertz CT molecular complexity index is 983. The lowest BCUT2D eigenvalue weighted by atomic mass is 9.44. The predicted molar refractivity (Wildman–Crippen MR) is 135 cm³/mol. The number of thioether (sulfide) groups is 1. The van der Waals surface area contributed by atoms with Crippen LogP contribution in [0.25, 0.3) is 0 Å². The van der Waals surface area contributed by atoms with Crippen LogP contribution in [0.4, 0.5) is 4.39 Å². The van der Waals surface area contributed by atoms with E-state index in [9.17, 15) is 19.5 Å². The van der Waals surface area contributed by atoms with Crippen LogP contribution >= 0.6 is 23.4 Å². The number of carbonyl (C=O) groups is 3. The number of Topliss-reactive ketones (excluding diaryl/α,β-unsaturated/α-hetero) is 1. The third-order valence-electron chi connectivity index (χ3n) is 9.65. The second kappa shape index (κ2) is 9.29. The van der Waals surface area contributed by atoms with E-state index in [0.717, 1.165) is 5.75 Å². The van der Waals surface area contributed by atoms with Crippen LogP contribution in [0.15, 0.2) is 23.8 Å². The zero-order valence-corrected chi connectivity index (χ0v) is 22.5. The molecule has 0 unspecified atom stereocenters. The topological polar surface area (TPSA) is 80.7 Å². The van der Waals surface area contributed by atoms with Crippen molar-refractivity contribution < 1.29 is 28.6 Å². The van der Waals surface area contributed by atoms with E-state index in [1.165, 1.54) is 12.2 Å². The molecule has 4 aliphatic rings. The number of aliphatic hydroxyl groups excluding tert-OH is 1. The molecule has 4 rings (SSSR count). The smallest absolute Gasteiger partial charge is 0.307 e. The summed E-state index contributed by atoms with van der Waals surface area (Å²) in [7, 11) is 0. The first kappa shape index (κ1) is 26.9. The molecule has 8 atom stereocenters. The standard InChI is InChI=1S/C27H36ClFO5S/c1-5-35-11-9-23(33)34-27(22(32)15-28)16(2)12-20-19-7-6-17-13-18(30)8-10-24(17,3)26(19,29)21(31)14-25(20,27)4/h8,10,13,16,19-21,31H,5-7,9,11-12,14-15H2,1-4H3/t16-,19+,20+,21+,24+,25+,26+,27+/m1/s1. The molecule has 3 fully saturated rings. The van der Waals surface area contributed by atoms with Gasteiger partial charge in [-0.15, -0.1) is 11.6 Å².